The Balaban J connectivity index is 1.68. The second-order valence-corrected chi connectivity index (χ2v) is 8.81. The molecule has 1 amide bonds. The van der Waals surface area contributed by atoms with Crippen molar-refractivity contribution in [2.45, 2.75) is 57.2 Å². The zero-order valence-electron chi connectivity index (χ0n) is 19.5. The van der Waals surface area contributed by atoms with E-state index in [-0.39, 0.29) is 6.42 Å². The number of aryl methyl sites for hydroxylation is 1. The molecule has 0 aliphatic carbocycles. The summed E-state index contributed by atoms with van der Waals surface area (Å²) in [6.45, 7) is 2.18. The number of hydrogen-bond donors (Lipinski definition) is 1. The molecule has 0 unspecified atom stereocenters. The molecule has 176 valence electrons. The third kappa shape index (κ3) is 5.30. The van der Waals surface area contributed by atoms with Gasteiger partial charge < -0.3 is 9.84 Å². The van der Waals surface area contributed by atoms with Gasteiger partial charge in [-0.1, -0.05) is 105 Å². The Bertz CT molecular complexity index is 1100. The SMILES string of the molecule is CCCCCc1cccc(C[C@H]2C(=O)O[C@H](c3ccccc3)[C@H](c3ccccc3)N2C(=O)O)c1. The van der Waals surface area contributed by atoms with E-state index in [0.29, 0.717) is 0 Å². The maximum Gasteiger partial charge on any atom is 0.408 e. The van der Waals surface area contributed by atoms with E-state index < -0.39 is 30.3 Å². The third-order valence-electron chi connectivity index (χ3n) is 6.42. The van der Waals surface area contributed by atoms with Crippen LogP contribution in [0.3, 0.4) is 0 Å². The van der Waals surface area contributed by atoms with Gasteiger partial charge in [-0.2, -0.15) is 0 Å². The van der Waals surface area contributed by atoms with Crippen molar-refractivity contribution in [1.29, 1.82) is 0 Å². The molecule has 1 N–H and O–H groups in total. The highest BCUT2D eigenvalue weighted by Gasteiger charge is 2.47. The standard InChI is InChI=1S/C29H31NO4/c1-2-3-6-12-21-13-11-14-22(19-21)20-25-28(31)34-27(24-17-9-5-10-18-24)26(30(25)29(32)33)23-15-7-4-8-16-23/h4-5,7-11,13-19,25-27H,2-3,6,12,20H2,1H3,(H,32,33)/t25-,26-,27+/m0/s1. The number of esters is 1. The summed E-state index contributed by atoms with van der Waals surface area (Å²) in [4.78, 5) is 27.2. The van der Waals surface area contributed by atoms with Crippen LogP contribution < -0.4 is 0 Å². The fourth-order valence-electron chi connectivity index (χ4n) is 4.75. The maximum absolute atomic E-state index is 13.2. The molecular formula is C29H31NO4. The topological polar surface area (TPSA) is 66.8 Å². The van der Waals surface area contributed by atoms with Crippen LogP contribution in [0, 0.1) is 0 Å². The van der Waals surface area contributed by atoms with Gasteiger partial charge in [0.15, 0.2) is 6.10 Å². The number of carbonyl (C=O) groups excluding carboxylic acids is 1. The van der Waals surface area contributed by atoms with E-state index in [2.05, 4.69) is 19.1 Å². The van der Waals surface area contributed by atoms with Gasteiger partial charge in [-0.15, -0.1) is 0 Å². The minimum Gasteiger partial charge on any atom is -0.465 e. The molecule has 1 fully saturated rings. The van der Waals surface area contributed by atoms with Gasteiger partial charge in [0.05, 0.1) is 0 Å². The van der Waals surface area contributed by atoms with Crippen LogP contribution in [-0.4, -0.2) is 28.1 Å². The van der Waals surface area contributed by atoms with E-state index in [1.54, 1.807) is 0 Å². The Labute approximate surface area is 201 Å². The van der Waals surface area contributed by atoms with Crippen molar-refractivity contribution in [2.24, 2.45) is 0 Å². The van der Waals surface area contributed by atoms with Crippen LogP contribution in [0.4, 0.5) is 4.79 Å². The Morgan fingerprint density at radius 2 is 1.53 bits per heavy atom. The molecule has 4 rings (SSSR count). The van der Waals surface area contributed by atoms with E-state index in [9.17, 15) is 14.7 Å². The first kappa shape index (κ1) is 23.6. The second-order valence-electron chi connectivity index (χ2n) is 8.81. The van der Waals surface area contributed by atoms with E-state index >= 15 is 0 Å². The molecule has 0 saturated carbocycles. The van der Waals surface area contributed by atoms with Crippen LogP contribution in [0.5, 0.6) is 0 Å². The highest BCUT2D eigenvalue weighted by Crippen LogP contribution is 2.42. The van der Waals surface area contributed by atoms with Gasteiger partial charge in [0, 0.05) is 6.42 Å². The number of cyclic esters (lactones) is 1. The van der Waals surface area contributed by atoms with Crippen LogP contribution in [0.15, 0.2) is 84.9 Å². The molecule has 0 aromatic heterocycles. The van der Waals surface area contributed by atoms with Gasteiger partial charge in [-0.05, 0) is 35.1 Å². The largest absolute Gasteiger partial charge is 0.465 e. The maximum atomic E-state index is 13.2. The zero-order chi connectivity index (χ0) is 23.9. The average Bonchev–Trinajstić information content (AvgIpc) is 2.86. The van der Waals surface area contributed by atoms with Crippen LogP contribution in [0.1, 0.15) is 60.6 Å². The monoisotopic (exact) mass is 457 g/mol. The van der Waals surface area contributed by atoms with Gasteiger partial charge in [0.1, 0.15) is 12.1 Å². The van der Waals surface area contributed by atoms with Crippen molar-refractivity contribution in [1.82, 2.24) is 4.90 Å². The average molecular weight is 458 g/mol. The van der Waals surface area contributed by atoms with Gasteiger partial charge in [0.25, 0.3) is 0 Å². The number of hydrogen-bond acceptors (Lipinski definition) is 3. The number of rotatable bonds is 8. The molecule has 3 aromatic rings. The summed E-state index contributed by atoms with van der Waals surface area (Å²) in [5, 5.41) is 10.3. The Hall–Kier alpha value is -3.60. The lowest BCUT2D eigenvalue weighted by Gasteiger charge is -2.44. The van der Waals surface area contributed by atoms with Crippen molar-refractivity contribution in [3.63, 3.8) is 0 Å². The highest BCUT2D eigenvalue weighted by molar-refractivity contribution is 5.83. The molecule has 0 spiro atoms. The summed E-state index contributed by atoms with van der Waals surface area (Å²) in [6.07, 6.45) is 2.84. The van der Waals surface area contributed by atoms with Gasteiger partial charge in [-0.25, -0.2) is 9.59 Å². The lowest BCUT2D eigenvalue weighted by molar-refractivity contribution is -0.172. The molecule has 1 saturated heterocycles. The van der Waals surface area contributed by atoms with Gasteiger partial charge in [0.2, 0.25) is 0 Å². The van der Waals surface area contributed by atoms with Crippen LogP contribution in [-0.2, 0) is 22.4 Å². The van der Waals surface area contributed by atoms with Gasteiger partial charge in [-0.3, -0.25) is 4.90 Å². The second kappa shape index (κ2) is 11.0. The number of carboxylic acid groups (broad SMARTS) is 1. The number of carbonyl (C=O) groups is 2. The summed E-state index contributed by atoms with van der Waals surface area (Å²) < 4.78 is 5.97. The molecule has 3 atom stereocenters. The number of ether oxygens (including phenoxy) is 1. The molecule has 5 nitrogen and oxygen atoms in total. The van der Waals surface area contributed by atoms with Crippen molar-refractivity contribution in [3.05, 3.63) is 107 Å². The first-order valence-electron chi connectivity index (χ1n) is 12.0. The highest BCUT2D eigenvalue weighted by atomic mass is 16.6. The molecule has 3 aromatic carbocycles. The molecule has 5 heteroatoms. The molecule has 1 aliphatic heterocycles. The van der Waals surface area contributed by atoms with Crippen molar-refractivity contribution >= 4 is 12.1 Å². The van der Waals surface area contributed by atoms with Gasteiger partial charge >= 0.3 is 12.1 Å². The van der Waals surface area contributed by atoms with Crippen molar-refractivity contribution in [2.75, 3.05) is 0 Å². The molecule has 1 aliphatic rings. The smallest absolute Gasteiger partial charge is 0.408 e. The molecule has 0 radical (unpaired) electrons. The lowest BCUT2D eigenvalue weighted by Crippen LogP contribution is -2.54. The van der Waals surface area contributed by atoms with E-state index in [1.165, 1.54) is 16.9 Å². The summed E-state index contributed by atoms with van der Waals surface area (Å²) in [5.74, 6) is -0.514. The van der Waals surface area contributed by atoms with E-state index in [4.69, 9.17) is 4.74 Å². The summed E-state index contributed by atoms with van der Waals surface area (Å²) in [5.41, 5.74) is 3.71. The van der Waals surface area contributed by atoms with Crippen LogP contribution >= 0.6 is 0 Å². The Morgan fingerprint density at radius 1 is 0.882 bits per heavy atom. The predicted molar refractivity (Wildman–Crippen MR) is 131 cm³/mol. The summed E-state index contributed by atoms with van der Waals surface area (Å²) in [7, 11) is 0. The zero-order valence-corrected chi connectivity index (χ0v) is 19.5. The van der Waals surface area contributed by atoms with Crippen molar-refractivity contribution in [3.8, 4) is 0 Å². The quantitative estimate of drug-likeness (QED) is 0.316. The van der Waals surface area contributed by atoms with Crippen LogP contribution in [0.25, 0.3) is 0 Å². The number of morpholine rings is 1. The van der Waals surface area contributed by atoms with Crippen LogP contribution in [0.2, 0.25) is 0 Å². The number of benzene rings is 3. The Kier molecular flexibility index (Phi) is 7.63. The fourth-order valence-corrected chi connectivity index (χ4v) is 4.75. The molecular weight excluding hydrogens is 426 g/mol. The van der Waals surface area contributed by atoms with E-state index in [0.717, 1.165) is 36.0 Å². The number of unbranched alkanes of at least 4 members (excludes halogenated alkanes) is 2. The first-order valence-corrected chi connectivity index (χ1v) is 12.0. The molecule has 0 bridgehead atoms. The summed E-state index contributed by atoms with van der Waals surface area (Å²) >= 11 is 0. The normalized spacial score (nSPS) is 20.1. The molecule has 1 heterocycles. The Morgan fingerprint density at radius 3 is 2.18 bits per heavy atom. The summed E-state index contributed by atoms with van der Waals surface area (Å²) in [6, 6.07) is 25.3. The minimum absolute atomic E-state index is 0.275. The first-order chi connectivity index (χ1) is 16.6. The molecule has 34 heavy (non-hydrogen) atoms. The van der Waals surface area contributed by atoms with Crippen molar-refractivity contribution < 1.29 is 19.4 Å². The number of amides is 1. The minimum atomic E-state index is -1.13. The van der Waals surface area contributed by atoms with E-state index in [1.807, 2.05) is 72.8 Å². The fraction of sp³-hybridized carbons (Fsp3) is 0.310. The lowest BCUT2D eigenvalue weighted by atomic mass is 9.89. The predicted octanol–water partition coefficient (Wildman–Crippen LogP) is 6.35. The number of nitrogens with zero attached hydrogens (tertiary/aromatic N) is 1. The third-order valence-corrected chi connectivity index (χ3v) is 6.42.